The number of benzene rings is 2. The van der Waals surface area contributed by atoms with Gasteiger partial charge in [-0.15, -0.1) is 0 Å². The third-order valence-electron chi connectivity index (χ3n) is 6.13. The van der Waals surface area contributed by atoms with Gasteiger partial charge in [0.2, 0.25) is 10.0 Å². The van der Waals surface area contributed by atoms with E-state index in [0.717, 1.165) is 22.5 Å². The molecule has 1 unspecified atom stereocenters. The Kier molecular flexibility index (Phi) is 7.33. The van der Waals surface area contributed by atoms with Crippen molar-refractivity contribution in [2.45, 2.75) is 51.0 Å². The van der Waals surface area contributed by atoms with Gasteiger partial charge in [0.05, 0.1) is 4.90 Å². The second kappa shape index (κ2) is 9.72. The number of nitrogens with zero attached hydrogens (tertiary/aromatic N) is 1. The fourth-order valence-electron chi connectivity index (χ4n) is 4.09. The maximum Gasteiger partial charge on any atom is 0.324 e. The summed E-state index contributed by atoms with van der Waals surface area (Å²) in [6, 6.07) is 13.1. The van der Waals surface area contributed by atoms with Crippen LogP contribution in [0.3, 0.4) is 0 Å². The number of likely N-dealkylation sites (N-methyl/N-ethyl adjacent to an activating group) is 1. The molecule has 2 aromatic rings. The molecule has 2 aromatic carbocycles. The number of hydrogen-bond donors (Lipinski definition) is 1. The lowest BCUT2D eigenvalue weighted by atomic mass is 9.83. The summed E-state index contributed by atoms with van der Waals surface area (Å²) in [6.07, 6.45) is 1.49. The molecule has 1 aliphatic rings. The Morgan fingerprint density at radius 2 is 1.71 bits per heavy atom. The molecule has 7 nitrogen and oxygen atoms in total. The van der Waals surface area contributed by atoms with Crippen molar-refractivity contribution in [1.29, 1.82) is 0 Å². The standard InChI is InChI=1S/C26H32N2O5S/c1-17(2)24(27-34(31,32)20-13-11-18(3)12-14-20)25(30)33-16-19(29)15-23-26(4,5)21-9-7-8-10-22(21)28(23)6/h7-15,17,24,27H,16H2,1-6H3. The van der Waals surface area contributed by atoms with Crippen LogP contribution in [0.5, 0.6) is 0 Å². The predicted octanol–water partition coefficient (Wildman–Crippen LogP) is 3.72. The van der Waals surface area contributed by atoms with E-state index in [2.05, 4.69) is 4.72 Å². The van der Waals surface area contributed by atoms with E-state index >= 15 is 0 Å². The number of fused-ring (bicyclic) bond motifs is 1. The molecule has 3 rings (SSSR count). The normalized spacial score (nSPS) is 17.0. The van der Waals surface area contributed by atoms with Gasteiger partial charge in [-0.25, -0.2) is 8.42 Å². The van der Waals surface area contributed by atoms with E-state index in [0.29, 0.717) is 0 Å². The first-order valence-corrected chi connectivity index (χ1v) is 12.7. The van der Waals surface area contributed by atoms with Crippen molar-refractivity contribution < 1.29 is 22.7 Å². The second-order valence-corrected chi connectivity index (χ2v) is 11.2. The highest BCUT2D eigenvalue weighted by Crippen LogP contribution is 2.46. The number of sulfonamides is 1. The van der Waals surface area contributed by atoms with Crippen molar-refractivity contribution in [1.82, 2.24) is 4.72 Å². The molecule has 0 fully saturated rings. The summed E-state index contributed by atoms with van der Waals surface area (Å²) in [7, 11) is -2.03. The third kappa shape index (κ3) is 5.23. The topological polar surface area (TPSA) is 92.8 Å². The fourth-order valence-corrected chi connectivity index (χ4v) is 5.43. The number of aryl methyl sites for hydroxylation is 1. The SMILES string of the molecule is Cc1ccc(S(=O)(=O)NC(C(=O)OCC(=O)C=C2N(C)c3ccccc3C2(C)C)C(C)C)cc1. The number of allylic oxidation sites excluding steroid dienone is 1. The number of rotatable bonds is 8. The van der Waals surface area contributed by atoms with Gasteiger partial charge in [0.1, 0.15) is 6.04 Å². The van der Waals surface area contributed by atoms with E-state index < -0.39 is 28.6 Å². The van der Waals surface area contributed by atoms with Crippen molar-refractivity contribution in [2.24, 2.45) is 5.92 Å². The molecule has 0 radical (unpaired) electrons. The van der Waals surface area contributed by atoms with Crippen LogP contribution in [-0.2, 0) is 29.8 Å². The minimum atomic E-state index is -3.93. The summed E-state index contributed by atoms with van der Waals surface area (Å²) in [5.41, 5.74) is 3.48. The molecule has 182 valence electrons. The van der Waals surface area contributed by atoms with Gasteiger partial charge >= 0.3 is 5.97 Å². The zero-order valence-corrected chi connectivity index (χ0v) is 21.3. The molecule has 0 aromatic heterocycles. The van der Waals surface area contributed by atoms with Gasteiger partial charge in [0, 0.05) is 29.9 Å². The van der Waals surface area contributed by atoms with Crippen molar-refractivity contribution in [3.05, 3.63) is 71.4 Å². The smallest absolute Gasteiger partial charge is 0.324 e. The molecular weight excluding hydrogens is 452 g/mol. The first-order chi connectivity index (χ1) is 15.8. The number of hydrogen-bond acceptors (Lipinski definition) is 6. The molecule has 1 atom stereocenters. The fraction of sp³-hybridized carbons (Fsp3) is 0.385. The van der Waals surface area contributed by atoms with E-state index in [-0.39, 0.29) is 22.0 Å². The maximum absolute atomic E-state index is 12.7. The van der Waals surface area contributed by atoms with Crippen molar-refractivity contribution in [2.75, 3.05) is 18.6 Å². The first-order valence-electron chi connectivity index (χ1n) is 11.2. The van der Waals surface area contributed by atoms with Crippen molar-refractivity contribution in [3.8, 4) is 0 Å². The summed E-state index contributed by atoms with van der Waals surface area (Å²) in [5.74, 6) is -1.55. The molecule has 0 spiro atoms. The molecule has 0 amide bonds. The number of ketones is 1. The summed E-state index contributed by atoms with van der Waals surface area (Å²) >= 11 is 0. The molecule has 34 heavy (non-hydrogen) atoms. The number of nitrogens with one attached hydrogen (secondary N) is 1. The Hall–Kier alpha value is -2.97. The zero-order chi connectivity index (χ0) is 25.3. The molecule has 0 aliphatic carbocycles. The van der Waals surface area contributed by atoms with Crippen molar-refractivity contribution >= 4 is 27.5 Å². The molecule has 0 bridgehead atoms. The van der Waals surface area contributed by atoms with Gasteiger partial charge in [0.25, 0.3) is 0 Å². The molecular formula is C26H32N2O5S. The first kappa shape index (κ1) is 25.6. The van der Waals surface area contributed by atoms with Crippen LogP contribution in [0.15, 0.2) is 65.2 Å². The van der Waals surface area contributed by atoms with Gasteiger partial charge in [-0.05, 0) is 36.6 Å². The van der Waals surface area contributed by atoms with Gasteiger partial charge in [-0.3, -0.25) is 9.59 Å². The van der Waals surface area contributed by atoms with E-state index in [1.807, 2.05) is 57.0 Å². The zero-order valence-electron chi connectivity index (χ0n) is 20.5. The van der Waals surface area contributed by atoms with Gasteiger partial charge < -0.3 is 9.64 Å². The molecule has 1 heterocycles. The van der Waals surface area contributed by atoms with E-state index in [1.54, 1.807) is 26.0 Å². The number of carbonyl (C=O) groups is 2. The third-order valence-corrected chi connectivity index (χ3v) is 7.59. The lowest BCUT2D eigenvalue weighted by molar-refractivity contribution is -0.149. The van der Waals surface area contributed by atoms with Crippen LogP contribution in [0.4, 0.5) is 5.69 Å². The number of esters is 1. The van der Waals surface area contributed by atoms with E-state index in [1.165, 1.54) is 18.2 Å². The van der Waals surface area contributed by atoms with Crippen LogP contribution in [0.2, 0.25) is 0 Å². The van der Waals surface area contributed by atoms with Gasteiger partial charge in [-0.2, -0.15) is 4.72 Å². The van der Waals surface area contributed by atoms with Crippen LogP contribution in [0.25, 0.3) is 0 Å². The number of anilines is 1. The summed E-state index contributed by atoms with van der Waals surface area (Å²) < 4.78 is 33.2. The largest absolute Gasteiger partial charge is 0.456 e. The van der Waals surface area contributed by atoms with Crippen LogP contribution < -0.4 is 9.62 Å². The molecule has 0 saturated carbocycles. The maximum atomic E-state index is 12.7. The molecule has 1 N–H and O–H groups in total. The number of carbonyl (C=O) groups excluding carboxylic acids is 2. The lowest BCUT2D eigenvalue weighted by Crippen LogP contribution is -2.45. The molecule has 0 saturated heterocycles. The predicted molar refractivity (Wildman–Crippen MR) is 132 cm³/mol. The Labute approximate surface area is 201 Å². The van der Waals surface area contributed by atoms with E-state index in [4.69, 9.17) is 4.74 Å². The van der Waals surface area contributed by atoms with Gasteiger partial charge in [0.15, 0.2) is 12.4 Å². The number of para-hydroxylation sites is 1. The highest BCUT2D eigenvalue weighted by atomic mass is 32.2. The Bertz CT molecular complexity index is 1210. The van der Waals surface area contributed by atoms with Crippen LogP contribution >= 0.6 is 0 Å². The Morgan fingerprint density at radius 1 is 1.09 bits per heavy atom. The Morgan fingerprint density at radius 3 is 2.29 bits per heavy atom. The average Bonchev–Trinajstić information content (AvgIpc) is 2.97. The van der Waals surface area contributed by atoms with Gasteiger partial charge in [-0.1, -0.05) is 63.6 Å². The monoisotopic (exact) mass is 484 g/mol. The number of ether oxygens (including phenoxy) is 1. The van der Waals surface area contributed by atoms with Crippen LogP contribution in [0.1, 0.15) is 38.8 Å². The summed E-state index contributed by atoms with van der Waals surface area (Å²) in [6.45, 7) is 8.87. The Balaban J connectivity index is 1.70. The molecule has 1 aliphatic heterocycles. The van der Waals surface area contributed by atoms with Crippen LogP contribution in [-0.4, -0.2) is 39.9 Å². The minimum Gasteiger partial charge on any atom is -0.456 e. The quantitative estimate of drug-likeness (QED) is 0.453. The summed E-state index contributed by atoms with van der Waals surface area (Å²) in [4.78, 5) is 27.4. The minimum absolute atomic E-state index is 0.0587. The van der Waals surface area contributed by atoms with Crippen molar-refractivity contribution in [3.63, 3.8) is 0 Å². The highest BCUT2D eigenvalue weighted by Gasteiger charge is 2.38. The average molecular weight is 485 g/mol. The second-order valence-electron chi connectivity index (χ2n) is 9.46. The highest BCUT2D eigenvalue weighted by molar-refractivity contribution is 7.89. The van der Waals surface area contributed by atoms with E-state index in [9.17, 15) is 18.0 Å². The lowest BCUT2D eigenvalue weighted by Gasteiger charge is -2.24. The molecule has 8 heteroatoms. The van der Waals surface area contributed by atoms with Crippen LogP contribution in [0, 0.1) is 12.8 Å². The summed E-state index contributed by atoms with van der Waals surface area (Å²) in [5, 5.41) is 0.